The number of nitrogens with one attached hydrogen (secondary N) is 2. The van der Waals surface area contributed by atoms with Gasteiger partial charge in [0.1, 0.15) is 0 Å². The molecule has 2 aromatic rings. The summed E-state index contributed by atoms with van der Waals surface area (Å²) in [4.78, 5) is 25.2. The number of anilines is 2. The van der Waals surface area contributed by atoms with Crippen molar-refractivity contribution in [1.29, 1.82) is 0 Å². The summed E-state index contributed by atoms with van der Waals surface area (Å²) in [6.07, 6.45) is -0.183. The van der Waals surface area contributed by atoms with Gasteiger partial charge in [-0.25, -0.2) is 8.42 Å². The molecule has 0 spiro atoms. The molecule has 0 unspecified atom stereocenters. The molecule has 0 aliphatic carbocycles. The van der Waals surface area contributed by atoms with E-state index in [9.17, 15) is 18.0 Å². The molecule has 1 aliphatic heterocycles. The van der Waals surface area contributed by atoms with Crippen LogP contribution in [0.4, 0.5) is 11.4 Å². The number of carbonyl (C=O) groups is 2. The fourth-order valence-electron chi connectivity index (χ4n) is 2.89. The molecule has 2 N–H and O–H groups in total. The average molecular weight is 497 g/mol. The normalized spacial score (nSPS) is 17.2. The number of hydrogen-bond donors (Lipinski definition) is 2. The molecule has 2 amide bonds. The summed E-state index contributed by atoms with van der Waals surface area (Å²) in [5.74, 6) is -0.547. The molecular formula is C20H21BrN2O4S2. The van der Waals surface area contributed by atoms with Crippen molar-refractivity contribution in [3.05, 3.63) is 46.4 Å². The van der Waals surface area contributed by atoms with Crippen LogP contribution >= 0.6 is 27.7 Å². The summed E-state index contributed by atoms with van der Waals surface area (Å²) >= 11 is 4.78. The zero-order valence-electron chi connectivity index (χ0n) is 16.2. The molecule has 0 aromatic heterocycles. The molecule has 0 fully saturated rings. The van der Waals surface area contributed by atoms with E-state index in [1.807, 2.05) is 19.1 Å². The molecule has 0 saturated carbocycles. The van der Waals surface area contributed by atoms with Crippen molar-refractivity contribution < 1.29 is 18.0 Å². The highest BCUT2D eigenvalue weighted by Gasteiger charge is 2.29. The minimum atomic E-state index is -3.74. The lowest BCUT2D eigenvalue weighted by Crippen LogP contribution is -2.27. The van der Waals surface area contributed by atoms with Crippen LogP contribution in [0.2, 0.25) is 0 Å². The number of halogens is 1. The number of amides is 2. The molecule has 1 aliphatic rings. The smallest absolute Gasteiger partial charge is 0.237 e. The third kappa shape index (κ3) is 4.84. The van der Waals surface area contributed by atoms with E-state index in [-0.39, 0.29) is 28.4 Å². The first-order valence-corrected chi connectivity index (χ1v) is 12.2. The van der Waals surface area contributed by atoms with Gasteiger partial charge in [-0.15, -0.1) is 11.8 Å². The van der Waals surface area contributed by atoms with Crippen molar-refractivity contribution in [2.45, 2.75) is 47.5 Å². The third-order valence-corrected chi connectivity index (χ3v) is 8.58. The second-order valence-electron chi connectivity index (χ2n) is 7.00. The second-order valence-corrected chi connectivity index (χ2v) is 11.6. The van der Waals surface area contributed by atoms with Crippen LogP contribution in [0.5, 0.6) is 0 Å². The van der Waals surface area contributed by atoms with Gasteiger partial charge in [0.15, 0.2) is 9.84 Å². The fourth-order valence-corrected chi connectivity index (χ4v) is 5.79. The summed E-state index contributed by atoms with van der Waals surface area (Å²) in [7, 11) is -3.74. The van der Waals surface area contributed by atoms with Gasteiger partial charge in [-0.1, -0.05) is 6.07 Å². The number of rotatable bonds is 5. The molecule has 2 atom stereocenters. The number of aryl methyl sites for hydroxylation is 1. The summed E-state index contributed by atoms with van der Waals surface area (Å²) in [6.45, 7) is 5.24. The average Bonchev–Trinajstić information content (AvgIpc) is 2.64. The number of thioether (sulfide) groups is 1. The summed E-state index contributed by atoms with van der Waals surface area (Å²) < 4.78 is 26.6. The Hall–Kier alpha value is -1.84. The van der Waals surface area contributed by atoms with E-state index in [1.54, 1.807) is 19.1 Å². The zero-order chi connectivity index (χ0) is 21.3. The van der Waals surface area contributed by atoms with Crippen molar-refractivity contribution in [3.8, 4) is 0 Å². The van der Waals surface area contributed by atoms with Crippen LogP contribution in [-0.4, -0.2) is 30.7 Å². The predicted octanol–water partition coefficient (Wildman–Crippen LogP) is 4.38. The van der Waals surface area contributed by atoms with Crippen molar-refractivity contribution in [2.24, 2.45) is 0 Å². The highest BCUT2D eigenvalue weighted by molar-refractivity contribution is 9.10. The zero-order valence-corrected chi connectivity index (χ0v) is 19.4. The van der Waals surface area contributed by atoms with Crippen LogP contribution in [-0.2, 0) is 19.4 Å². The van der Waals surface area contributed by atoms with E-state index >= 15 is 0 Å². The Morgan fingerprint density at radius 3 is 2.69 bits per heavy atom. The Bertz CT molecular complexity index is 1090. The summed E-state index contributed by atoms with van der Waals surface area (Å²) in [5, 5.41) is 4.33. The van der Waals surface area contributed by atoms with Crippen LogP contribution in [0, 0.1) is 6.92 Å². The Balaban J connectivity index is 1.74. The predicted molar refractivity (Wildman–Crippen MR) is 119 cm³/mol. The first kappa shape index (κ1) is 21.9. The number of sulfone groups is 1. The molecule has 0 saturated heterocycles. The SMILES string of the molecule is Cc1ccc(NC(=O)C[C@H](C)S(=O)(=O)c2ccc3c(c2)NC(=O)[C@@H](C)S3)c(Br)c1. The molecule has 0 bridgehead atoms. The van der Waals surface area contributed by atoms with Crippen molar-refractivity contribution in [1.82, 2.24) is 0 Å². The van der Waals surface area contributed by atoms with Crippen LogP contribution in [0.25, 0.3) is 0 Å². The van der Waals surface area contributed by atoms with Crippen molar-refractivity contribution >= 4 is 60.7 Å². The molecule has 2 aromatic carbocycles. The Morgan fingerprint density at radius 2 is 2.00 bits per heavy atom. The molecule has 1 heterocycles. The largest absolute Gasteiger partial charge is 0.325 e. The lowest BCUT2D eigenvalue weighted by Gasteiger charge is -2.22. The number of benzene rings is 2. The summed E-state index contributed by atoms with van der Waals surface area (Å²) in [6, 6.07) is 10.2. The number of hydrogen-bond acceptors (Lipinski definition) is 5. The van der Waals surface area contributed by atoms with Crippen molar-refractivity contribution in [3.63, 3.8) is 0 Å². The minimum absolute atomic E-state index is 0.0866. The minimum Gasteiger partial charge on any atom is -0.325 e. The van der Waals surface area contributed by atoms with Crippen LogP contribution in [0.3, 0.4) is 0 Å². The topological polar surface area (TPSA) is 92.3 Å². The van der Waals surface area contributed by atoms with Crippen molar-refractivity contribution in [2.75, 3.05) is 10.6 Å². The van der Waals surface area contributed by atoms with Gasteiger partial charge in [0.25, 0.3) is 0 Å². The molecule has 29 heavy (non-hydrogen) atoms. The maximum atomic E-state index is 13.0. The fraction of sp³-hybridized carbons (Fsp3) is 0.300. The Labute approximate surface area is 182 Å². The van der Waals surface area contributed by atoms with Crippen LogP contribution in [0.1, 0.15) is 25.8 Å². The first-order valence-electron chi connectivity index (χ1n) is 8.99. The molecule has 9 heteroatoms. The van der Waals surface area contributed by atoms with Crippen LogP contribution < -0.4 is 10.6 Å². The van der Waals surface area contributed by atoms with Gasteiger partial charge in [0, 0.05) is 15.8 Å². The number of carbonyl (C=O) groups excluding carboxylic acids is 2. The van der Waals surface area contributed by atoms with E-state index in [0.29, 0.717) is 11.4 Å². The molecule has 0 radical (unpaired) electrons. The Morgan fingerprint density at radius 1 is 1.28 bits per heavy atom. The molecule has 3 rings (SSSR count). The van der Waals surface area contributed by atoms with E-state index in [0.717, 1.165) is 14.9 Å². The molecular weight excluding hydrogens is 476 g/mol. The van der Waals surface area contributed by atoms with Gasteiger partial charge in [-0.05, 0) is 72.6 Å². The van der Waals surface area contributed by atoms with Crippen LogP contribution in [0.15, 0.2) is 50.7 Å². The van der Waals surface area contributed by atoms with Gasteiger partial charge >= 0.3 is 0 Å². The highest BCUT2D eigenvalue weighted by Crippen LogP contribution is 2.37. The third-order valence-electron chi connectivity index (χ3n) is 4.61. The number of fused-ring (bicyclic) bond motifs is 1. The monoisotopic (exact) mass is 496 g/mol. The summed E-state index contributed by atoms with van der Waals surface area (Å²) in [5.41, 5.74) is 2.12. The first-order chi connectivity index (χ1) is 13.6. The quantitative estimate of drug-likeness (QED) is 0.640. The molecule has 6 nitrogen and oxygen atoms in total. The van der Waals surface area contributed by atoms with E-state index in [2.05, 4.69) is 26.6 Å². The maximum Gasteiger partial charge on any atom is 0.237 e. The maximum absolute atomic E-state index is 13.0. The second kappa shape index (κ2) is 8.49. The van der Waals surface area contributed by atoms with Gasteiger partial charge in [0.2, 0.25) is 11.8 Å². The van der Waals surface area contributed by atoms with Gasteiger partial charge in [0.05, 0.1) is 26.8 Å². The lowest BCUT2D eigenvalue weighted by atomic mass is 10.2. The standard InChI is InChI=1S/C20H21BrN2O4S2/c1-11-4-6-16(15(21)8-11)22-19(24)9-12(2)29(26,27)14-5-7-18-17(10-14)23-20(25)13(3)28-18/h4-8,10,12-13H,9H2,1-3H3,(H,22,24)(H,23,25)/t12-,13+/m0/s1. The van der Waals surface area contributed by atoms with E-state index in [4.69, 9.17) is 0 Å². The van der Waals surface area contributed by atoms with E-state index < -0.39 is 15.1 Å². The van der Waals surface area contributed by atoms with E-state index in [1.165, 1.54) is 30.8 Å². The van der Waals surface area contributed by atoms with Gasteiger partial charge < -0.3 is 10.6 Å². The molecule has 154 valence electrons. The highest BCUT2D eigenvalue weighted by atomic mass is 79.9. The van der Waals surface area contributed by atoms with Gasteiger partial charge in [-0.2, -0.15) is 0 Å². The van der Waals surface area contributed by atoms with Gasteiger partial charge in [-0.3, -0.25) is 9.59 Å². The lowest BCUT2D eigenvalue weighted by molar-refractivity contribution is -0.116. The Kier molecular flexibility index (Phi) is 6.40.